The molecule has 0 aliphatic heterocycles. The van der Waals surface area contributed by atoms with Crippen LogP contribution in [-0.4, -0.2) is 304 Å². The van der Waals surface area contributed by atoms with Gasteiger partial charge in [0.2, 0.25) is 53.2 Å². The minimum Gasteiger partial charge on any atom is -0.380 e. The van der Waals surface area contributed by atoms with Crippen molar-refractivity contribution >= 4 is 70.5 Å². The summed E-state index contributed by atoms with van der Waals surface area (Å²) in [5, 5.41) is 16.3. The van der Waals surface area contributed by atoms with Gasteiger partial charge in [-0.05, 0) is 67.1 Å². The fraction of sp³-hybridized carbons (Fsp3) is 0.786. The molecule has 0 heterocycles. The third-order valence-electron chi connectivity index (χ3n) is 13.9. The fourth-order valence-corrected chi connectivity index (χ4v) is 8.18. The molecule has 93 heavy (non-hydrogen) atoms. The van der Waals surface area contributed by atoms with Crippen LogP contribution in [0.4, 0.5) is 0 Å². The molecule has 0 rings (SSSR count). The lowest BCUT2D eigenvalue weighted by Gasteiger charge is -2.33. The molecule has 0 aromatic rings. The van der Waals surface area contributed by atoms with E-state index in [4.69, 9.17) is 41.1 Å². The summed E-state index contributed by atoms with van der Waals surface area (Å²) >= 11 is 0. The quantitative estimate of drug-likeness (QED) is 0.0395. The first kappa shape index (κ1) is 84.3. The molecule has 0 fully saturated rings. The number of rotatable bonds is 55. The maximum atomic E-state index is 13.4. The van der Waals surface area contributed by atoms with Crippen LogP contribution in [-0.2, 0) is 76.5 Å². The molecule has 0 aromatic carbocycles. The molecule has 0 unspecified atom stereocenters. The highest BCUT2D eigenvalue weighted by molar-refractivity contribution is 5.91. The predicted molar refractivity (Wildman–Crippen MR) is 336 cm³/mol. The molecule has 0 radical (unpaired) electrons. The van der Waals surface area contributed by atoms with E-state index in [0.717, 1.165) is 9.80 Å². The minimum absolute atomic E-state index is 0.163. The van der Waals surface area contributed by atoms with Crippen molar-refractivity contribution in [3.8, 4) is 0 Å². The van der Waals surface area contributed by atoms with Crippen molar-refractivity contribution in [2.45, 2.75) is 89.9 Å². The number of nitrogens with one attached hydrogen (secondary N) is 1. The summed E-state index contributed by atoms with van der Waals surface area (Å²) in [5.74, 6) is -5.20. The van der Waals surface area contributed by atoms with Crippen LogP contribution in [0.5, 0.6) is 0 Å². The topological polar surface area (TPSA) is 475 Å². The van der Waals surface area contributed by atoms with E-state index in [2.05, 4.69) is 45.4 Å². The Bertz CT molecular complexity index is 2280. The number of carbonyl (C=O) groups excluding carboxylic acids is 12. The summed E-state index contributed by atoms with van der Waals surface area (Å²) < 4.78 is 24.4. The smallest absolute Gasteiger partial charge is 0.242 e. The number of hydrogen-bond acceptors (Lipinski definition) is 20. The second kappa shape index (κ2) is 50.9. The van der Waals surface area contributed by atoms with Gasteiger partial charge in [-0.3, -0.25) is 57.5 Å². The standard InChI is InChI=1S/C56H95N21O16/c1-70(32-44(78)16-9-12-24-62-66-57)52(86)36-74(5)48(82)19-28-90-40-56(41-91-29-20-49(83)75(6)37-53(87)71(2)33-45(79)17-10-13-25-63-67-58,42-92-30-21-50(84)76(7)38-54(88)72(3)34-46(80)18-11-14-26-64-68-59)43-93-31-22-51(85)77(8)39-55(89)73(4)35-47(81)61-23-15-27-65-69-60/h9-43H2,1-8H3,(H,61,81). The van der Waals surface area contributed by atoms with E-state index in [1.165, 1.54) is 85.8 Å². The van der Waals surface area contributed by atoms with Crippen LogP contribution in [0.2, 0.25) is 0 Å². The van der Waals surface area contributed by atoms with E-state index >= 15 is 0 Å². The first-order valence-electron chi connectivity index (χ1n) is 30.3. The third-order valence-corrected chi connectivity index (χ3v) is 13.9. The van der Waals surface area contributed by atoms with E-state index < -0.39 is 58.6 Å². The number of carbonyl (C=O) groups is 12. The average Bonchev–Trinajstić information content (AvgIpc) is 2.81. The zero-order valence-electron chi connectivity index (χ0n) is 55.2. The van der Waals surface area contributed by atoms with Gasteiger partial charge >= 0.3 is 0 Å². The molecule has 0 aromatic heterocycles. The van der Waals surface area contributed by atoms with Crippen molar-refractivity contribution in [3.05, 3.63) is 41.8 Å². The molecule has 0 saturated heterocycles. The first-order chi connectivity index (χ1) is 44.3. The second-order valence-electron chi connectivity index (χ2n) is 22.2. The van der Waals surface area contributed by atoms with Gasteiger partial charge in [0.05, 0.1) is 136 Å². The zero-order chi connectivity index (χ0) is 70.0. The highest BCUT2D eigenvalue weighted by atomic mass is 16.5. The summed E-state index contributed by atoms with van der Waals surface area (Å²) in [5.41, 5.74) is 32.5. The molecule has 37 heteroatoms. The van der Waals surface area contributed by atoms with Gasteiger partial charge in [-0.2, -0.15) is 0 Å². The Balaban J connectivity index is 6.49. The van der Waals surface area contributed by atoms with Crippen molar-refractivity contribution in [1.82, 2.24) is 44.5 Å². The SMILES string of the molecule is CN(CC(=O)CCCCN=[N+]=[N-])C(=O)CN(C)C(=O)CCOCC(COCCC(=O)N(C)CC(=O)N(C)CC(=O)CCCCN=[N+]=[N-])(COCCC(=O)N(C)CC(=O)N(C)CC(=O)CCCCN=[N+]=[N-])COCCC(=O)N(C)CC(=O)N(C)CC(=O)NCCCN=[N+]=[N-]. The number of Topliss-reactive ketones (excluding diaryl/α,β-unsaturated/α-hetero) is 3. The summed E-state index contributed by atoms with van der Waals surface area (Å²) in [6, 6.07) is 0. The van der Waals surface area contributed by atoms with E-state index in [1.54, 1.807) is 0 Å². The molecule has 0 spiro atoms. The molecule has 9 amide bonds. The van der Waals surface area contributed by atoms with Crippen molar-refractivity contribution in [1.29, 1.82) is 0 Å². The molecule has 37 nitrogen and oxygen atoms in total. The van der Waals surface area contributed by atoms with Gasteiger partial charge in [-0.25, -0.2) is 0 Å². The van der Waals surface area contributed by atoms with Gasteiger partial charge in [0, 0.05) is 128 Å². The van der Waals surface area contributed by atoms with Gasteiger partial charge in [-0.15, -0.1) is 0 Å². The second-order valence-corrected chi connectivity index (χ2v) is 22.2. The van der Waals surface area contributed by atoms with E-state index in [9.17, 15) is 57.5 Å². The molecule has 0 bridgehead atoms. The van der Waals surface area contributed by atoms with Crippen molar-refractivity contribution < 1.29 is 76.5 Å². The predicted octanol–water partition coefficient (Wildman–Crippen LogP) is 2.23. The van der Waals surface area contributed by atoms with Crippen LogP contribution in [0.1, 0.15) is 89.9 Å². The Morgan fingerprint density at radius 1 is 0.323 bits per heavy atom. The summed E-state index contributed by atoms with van der Waals surface area (Å²) in [6.45, 7) is -3.25. The van der Waals surface area contributed by atoms with Gasteiger partial charge in [0.25, 0.3) is 0 Å². The van der Waals surface area contributed by atoms with E-state index in [1.807, 2.05) is 0 Å². The van der Waals surface area contributed by atoms with Crippen LogP contribution in [0.15, 0.2) is 20.5 Å². The molecular weight excluding hydrogens is 1220 g/mol. The molecular formula is C56H95N21O16. The summed E-state index contributed by atoms with van der Waals surface area (Å²) in [4.78, 5) is 175. The average molecular weight is 1320 g/mol. The lowest BCUT2D eigenvalue weighted by Crippen LogP contribution is -2.44. The number of amides is 9. The van der Waals surface area contributed by atoms with Gasteiger partial charge in [0.1, 0.15) is 0 Å². The molecule has 0 saturated carbocycles. The third kappa shape index (κ3) is 41.4. The zero-order valence-corrected chi connectivity index (χ0v) is 55.2. The number of hydrogen-bond donors (Lipinski definition) is 1. The van der Waals surface area contributed by atoms with Crippen LogP contribution < -0.4 is 5.32 Å². The fourth-order valence-electron chi connectivity index (χ4n) is 8.18. The number of unbranched alkanes of at least 4 members (excludes halogenated alkanes) is 3. The molecule has 0 aliphatic rings. The van der Waals surface area contributed by atoms with Gasteiger partial charge in [0.15, 0.2) is 17.3 Å². The van der Waals surface area contributed by atoms with Crippen LogP contribution >= 0.6 is 0 Å². The van der Waals surface area contributed by atoms with Crippen molar-refractivity contribution in [3.63, 3.8) is 0 Å². The molecule has 0 aliphatic carbocycles. The molecule has 520 valence electrons. The Hall–Kier alpha value is -8.68. The highest BCUT2D eigenvalue weighted by Crippen LogP contribution is 2.22. The highest BCUT2D eigenvalue weighted by Gasteiger charge is 2.34. The van der Waals surface area contributed by atoms with Crippen molar-refractivity contribution in [2.24, 2.45) is 25.9 Å². The number of ether oxygens (including phenoxy) is 4. The maximum absolute atomic E-state index is 13.4. The van der Waals surface area contributed by atoms with Gasteiger partial charge in [-0.1, -0.05) is 20.5 Å². The van der Waals surface area contributed by atoms with Crippen LogP contribution in [0.25, 0.3) is 41.8 Å². The maximum Gasteiger partial charge on any atom is 0.242 e. The molecule has 0 atom stereocenters. The molecule has 1 N–H and O–H groups in total. The van der Waals surface area contributed by atoms with Gasteiger partial charge < -0.3 is 63.5 Å². The Kier molecular flexibility index (Phi) is 46.2. The monoisotopic (exact) mass is 1320 g/mol. The van der Waals surface area contributed by atoms with E-state index in [-0.39, 0.29) is 200 Å². The van der Waals surface area contributed by atoms with Crippen LogP contribution in [0.3, 0.4) is 0 Å². The number of ketones is 3. The Morgan fingerprint density at radius 3 is 0.817 bits per heavy atom. The summed E-state index contributed by atoms with van der Waals surface area (Å²) in [6.07, 6.45) is 2.81. The lowest BCUT2D eigenvalue weighted by molar-refractivity contribution is -0.143. The Labute approximate surface area is 541 Å². The lowest BCUT2D eigenvalue weighted by atomic mass is 9.92. The number of nitrogens with zero attached hydrogens (tertiary/aromatic N) is 20. The Morgan fingerprint density at radius 2 is 0.559 bits per heavy atom. The van der Waals surface area contributed by atoms with E-state index in [0.29, 0.717) is 44.9 Å². The number of likely N-dealkylation sites (N-methyl/N-ethyl adjacent to an activating group) is 8. The van der Waals surface area contributed by atoms with Crippen LogP contribution in [0, 0.1) is 5.41 Å². The number of azide groups is 4. The minimum atomic E-state index is -1.33. The van der Waals surface area contributed by atoms with Crippen molar-refractivity contribution in [2.75, 3.05) is 194 Å². The largest absolute Gasteiger partial charge is 0.380 e. The normalized spacial score (nSPS) is 11.1. The first-order valence-corrected chi connectivity index (χ1v) is 30.3. The summed E-state index contributed by atoms with van der Waals surface area (Å²) in [7, 11) is 11.3.